The molecule has 0 fully saturated rings. The van der Waals surface area contributed by atoms with E-state index in [0.717, 1.165) is 4.90 Å². The number of carbonyl (C=O) groups is 2. The molecule has 1 aromatic carbocycles. The largest absolute Gasteiger partial charge is 0.463 e. The lowest BCUT2D eigenvalue weighted by atomic mass is 10.2. The normalized spacial score (nSPS) is 10.2. The van der Waals surface area contributed by atoms with Gasteiger partial charge in [0, 0.05) is 10.5 Å². The van der Waals surface area contributed by atoms with Crippen molar-refractivity contribution in [2.24, 2.45) is 0 Å². The van der Waals surface area contributed by atoms with Gasteiger partial charge in [0.05, 0.1) is 18.9 Å². The molecule has 0 saturated carbocycles. The van der Waals surface area contributed by atoms with Crippen molar-refractivity contribution in [1.29, 1.82) is 0 Å². The second kappa shape index (κ2) is 6.99. The third-order valence-electron chi connectivity index (χ3n) is 2.80. The molecule has 5 nitrogen and oxygen atoms in total. The molecule has 0 amide bonds. The summed E-state index contributed by atoms with van der Waals surface area (Å²) < 4.78 is 14.8. The van der Waals surface area contributed by atoms with E-state index in [0.29, 0.717) is 11.1 Å². The van der Waals surface area contributed by atoms with Crippen LogP contribution < -0.4 is 0 Å². The second-order valence-corrected chi connectivity index (χ2v) is 4.89. The van der Waals surface area contributed by atoms with Crippen LogP contribution in [0.25, 0.3) is 0 Å². The van der Waals surface area contributed by atoms with Gasteiger partial charge in [-0.2, -0.15) is 0 Å². The molecule has 21 heavy (non-hydrogen) atoms. The molecule has 110 valence electrons. The minimum Gasteiger partial charge on any atom is -0.463 e. The van der Waals surface area contributed by atoms with Crippen LogP contribution in [0.5, 0.6) is 0 Å². The molecule has 0 unspecified atom stereocenters. The SMILES string of the molecule is COC(=O)c1occc1COC(=O)c1ccccc1SC. The van der Waals surface area contributed by atoms with Crippen molar-refractivity contribution in [1.82, 2.24) is 0 Å². The lowest BCUT2D eigenvalue weighted by molar-refractivity contribution is 0.0450. The molecule has 0 aliphatic carbocycles. The highest BCUT2D eigenvalue weighted by Gasteiger charge is 2.18. The number of ether oxygens (including phenoxy) is 2. The van der Waals surface area contributed by atoms with E-state index < -0.39 is 11.9 Å². The molecule has 0 atom stereocenters. The Hall–Kier alpha value is -2.21. The summed E-state index contributed by atoms with van der Waals surface area (Å²) in [6.07, 6.45) is 3.24. The number of esters is 2. The highest BCUT2D eigenvalue weighted by atomic mass is 32.2. The number of furan rings is 1. The van der Waals surface area contributed by atoms with Gasteiger partial charge in [-0.05, 0) is 24.5 Å². The molecule has 6 heteroatoms. The molecule has 0 radical (unpaired) electrons. The molecule has 0 saturated heterocycles. The van der Waals surface area contributed by atoms with Gasteiger partial charge in [0.2, 0.25) is 5.76 Å². The average molecular weight is 306 g/mol. The Bertz CT molecular complexity index is 647. The zero-order valence-electron chi connectivity index (χ0n) is 11.6. The summed E-state index contributed by atoms with van der Waals surface area (Å²) >= 11 is 1.47. The predicted octanol–water partition coefficient (Wildman–Crippen LogP) is 3.15. The molecular weight excluding hydrogens is 292 g/mol. The quantitative estimate of drug-likeness (QED) is 0.624. The highest BCUT2D eigenvalue weighted by molar-refractivity contribution is 7.98. The Balaban J connectivity index is 2.08. The summed E-state index contributed by atoms with van der Waals surface area (Å²) in [5.41, 5.74) is 0.963. The number of carbonyl (C=O) groups excluding carboxylic acids is 2. The molecule has 0 N–H and O–H groups in total. The molecule has 2 aromatic rings. The van der Waals surface area contributed by atoms with Gasteiger partial charge < -0.3 is 13.9 Å². The predicted molar refractivity (Wildman–Crippen MR) is 77.4 cm³/mol. The van der Waals surface area contributed by atoms with Crippen LogP contribution in [0, 0.1) is 0 Å². The number of hydrogen-bond donors (Lipinski definition) is 0. The van der Waals surface area contributed by atoms with Gasteiger partial charge in [0.25, 0.3) is 0 Å². The summed E-state index contributed by atoms with van der Waals surface area (Å²) in [6, 6.07) is 8.74. The lowest BCUT2D eigenvalue weighted by Crippen LogP contribution is -2.09. The number of hydrogen-bond acceptors (Lipinski definition) is 6. The first kappa shape index (κ1) is 15.2. The van der Waals surface area contributed by atoms with Crippen LogP contribution in [0.1, 0.15) is 26.5 Å². The van der Waals surface area contributed by atoms with Crippen LogP contribution in [-0.2, 0) is 16.1 Å². The van der Waals surface area contributed by atoms with Crippen molar-refractivity contribution >= 4 is 23.7 Å². The van der Waals surface area contributed by atoms with Crippen LogP contribution >= 0.6 is 11.8 Å². The van der Waals surface area contributed by atoms with Crippen molar-refractivity contribution in [3.8, 4) is 0 Å². The molecule has 1 aromatic heterocycles. The number of benzene rings is 1. The Morgan fingerprint density at radius 2 is 1.95 bits per heavy atom. The van der Waals surface area contributed by atoms with Crippen LogP contribution in [0.15, 0.2) is 45.9 Å². The van der Waals surface area contributed by atoms with E-state index in [1.54, 1.807) is 18.2 Å². The maximum Gasteiger partial charge on any atom is 0.374 e. The van der Waals surface area contributed by atoms with Crippen LogP contribution in [0.4, 0.5) is 0 Å². The Morgan fingerprint density at radius 3 is 2.67 bits per heavy atom. The number of methoxy groups -OCH3 is 1. The Morgan fingerprint density at radius 1 is 1.19 bits per heavy atom. The standard InChI is InChI=1S/C15H14O5S/c1-18-15(17)13-10(7-8-19-13)9-20-14(16)11-5-3-4-6-12(11)21-2/h3-8H,9H2,1-2H3. The third-order valence-corrected chi connectivity index (χ3v) is 3.60. The maximum atomic E-state index is 12.1. The molecule has 0 aliphatic heterocycles. The minimum absolute atomic E-state index is 0.0449. The molecule has 2 rings (SSSR count). The van der Waals surface area contributed by atoms with Crippen LogP contribution in [-0.4, -0.2) is 25.3 Å². The van der Waals surface area contributed by atoms with Gasteiger partial charge in [-0.3, -0.25) is 0 Å². The summed E-state index contributed by atoms with van der Waals surface area (Å²) in [5, 5.41) is 0. The zero-order valence-corrected chi connectivity index (χ0v) is 12.4. The van der Waals surface area contributed by atoms with E-state index in [4.69, 9.17) is 9.15 Å². The van der Waals surface area contributed by atoms with Gasteiger partial charge in [-0.1, -0.05) is 12.1 Å². The molecule has 0 spiro atoms. The monoisotopic (exact) mass is 306 g/mol. The first-order valence-electron chi connectivity index (χ1n) is 6.12. The van der Waals surface area contributed by atoms with Crippen LogP contribution in [0.2, 0.25) is 0 Å². The van der Waals surface area contributed by atoms with Gasteiger partial charge in [-0.25, -0.2) is 9.59 Å². The second-order valence-electron chi connectivity index (χ2n) is 4.04. The summed E-state index contributed by atoms with van der Waals surface area (Å²) in [4.78, 5) is 24.4. The first-order valence-corrected chi connectivity index (χ1v) is 7.34. The number of rotatable bonds is 5. The summed E-state index contributed by atoms with van der Waals surface area (Å²) in [7, 11) is 1.26. The van der Waals surface area contributed by atoms with E-state index in [9.17, 15) is 9.59 Å². The van der Waals surface area contributed by atoms with E-state index in [1.807, 2.05) is 18.4 Å². The number of thioether (sulfide) groups is 1. The van der Waals surface area contributed by atoms with E-state index in [1.165, 1.54) is 25.1 Å². The average Bonchev–Trinajstić information content (AvgIpc) is 3.00. The first-order chi connectivity index (χ1) is 10.2. The highest BCUT2D eigenvalue weighted by Crippen LogP contribution is 2.21. The Kier molecular flexibility index (Phi) is 5.05. The minimum atomic E-state index is -0.601. The third kappa shape index (κ3) is 3.46. The smallest absolute Gasteiger partial charge is 0.374 e. The van der Waals surface area contributed by atoms with Crippen molar-refractivity contribution in [2.75, 3.05) is 13.4 Å². The lowest BCUT2D eigenvalue weighted by Gasteiger charge is -2.07. The van der Waals surface area contributed by atoms with E-state index >= 15 is 0 Å². The van der Waals surface area contributed by atoms with Gasteiger partial charge in [-0.15, -0.1) is 11.8 Å². The van der Waals surface area contributed by atoms with Crippen molar-refractivity contribution in [3.05, 3.63) is 53.5 Å². The van der Waals surface area contributed by atoms with Gasteiger partial charge in [0.15, 0.2) is 0 Å². The van der Waals surface area contributed by atoms with Crippen molar-refractivity contribution in [3.63, 3.8) is 0 Å². The molecule has 0 aliphatic rings. The van der Waals surface area contributed by atoms with E-state index in [-0.39, 0.29) is 12.4 Å². The summed E-state index contributed by atoms with van der Waals surface area (Å²) in [6.45, 7) is -0.0531. The van der Waals surface area contributed by atoms with E-state index in [2.05, 4.69) is 4.74 Å². The summed E-state index contributed by atoms with van der Waals surface area (Å²) in [5.74, 6) is -1.00. The van der Waals surface area contributed by atoms with Gasteiger partial charge in [0.1, 0.15) is 6.61 Å². The van der Waals surface area contributed by atoms with Gasteiger partial charge >= 0.3 is 11.9 Å². The fraction of sp³-hybridized carbons (Fsp3) is 0.200. The topological polar surface area (TPSA) is 65.7 Å². The van der Waals surface area contributed by atoms with Crippen molar-refractivity contribution < 1.29 is 23.5 Å². The fourth-order valence-electron chi connectivity index (χ4n) is 1.76. The van der Waals surface area contributed by atoms with Crippen molar-refractivity contribution in [2.45, 2.75) is 11.5 Å². The molecular formula is C15H14O5S. The molecule has 0 bridgehead atoms. The molecule has 1 heterocycles. The van der Waals surface area contributed by atoms with Crippen LogP contribution in [0.3, 0.4) is 0 Å². The maximum absolute atomic E-state index is 12.1. The zero-order chi connectivity index (χ0) is 15.2. The Labute approximate surface area is 126 Å². The fourth-order valence-corrected chi connectivity index (χ4v) is 2.34.